The van der Waals surface area contributed by atoms with Crippen molar-refractivity contribution in [1.82, 2.24) is 4.57 Å². The number of benzene rings is 9. The van der Waals surface area contributed by atoms with Crippen molar-refractivity contribution in [2.24, 2.45) is 0 Å². The van der Waals surface area contributed by atoms with Crippen LogP contribution < -0.4 is 31.1 Å². The zero-order valence-electron chi connectivity index (χ0n) is 72.8. The molecule has 5 heterocycles. The molecule has 14 rings (SSSR count). The van der Waals surface area contributed by atoms with Gasteiger partial charge in [0.05, 0.1) is 77.6 Å². The maximum Gasteiger partial charge on any atom is 0.252 e. The Morgan fingerprint density at radius 2 is 1.00 bits per heavy atom. The number of nitrogens with zero attached hydrogens (tertiary/aromatic N) is 4. The van der Waals surface area contributed by atoms with Crippen LogP contribution in [-0.4, -0.2) is 11.3 Å². The smallest absolute Gasteiger partial charge is 0.252 e. The second-order valence-electron chi connectivity index (χ2n) is 24.1. The number of furan rings is 1. The maximum atomic E-state index is 11.2. The summed E-state index contributed by atoms with van der Waals surface area (Å²) in [5.41, 5.74) is -13.5. The maximum absolute atomic E-state index is 11.2. The Bertz CT molecular complexity index is 5850. The van der Waals surface area contributed by atoms with E-state index in [1.54, 1.807) is 83.1 Å². The number of para-hydroxylation sites is 2. The van der Waals surface area contributed by atoms with Gasteiger partial charge in [-0.1, -0.05) is 156 Å². The average Bonchev–Trinajstić information content (AvgIpc) is 1.65. The molecular formula is C71H67BN4O. The number of hydrogen-bond acceptors (Lipinski definition) is 4. The zero-order chi connectivity index (χ0) is 77.8. The minimum atomic E-state index is -1.99. The van der Waals surface area contributed by atoms with Gasteiger partial charge in [-0.05, 0) is 169 Å². The molecule has 3 aliphatic rings. The third-order valence-electron chi connectivity index (χ3n) is 14.5. The van der Waals surface area contributed by atoms with Gasteiger partial charge in [0.1, 0.15) is 11.2 Å². The molecule has 0 saturated carbocycles. The summed E-state index contributed by atoms with van der Waals surface area (Å²) in [7, 11) is 0. The lowest BCUT2D eigenvalue weighted by Crippen LogP contribution is -2.61. The molecule has 0 saturated heterocycles. The molecule has 77 heavy (non-hydrogen) atoms. The summed E-state index contributed by atoms with van der Waals surface area (Å²) in [5, 5.41) is -1.14. The van der Waals surface area contributed by atoms with E-state index in [1.165, 1.54) is 16.4 Å². The molecule has 0 radical (unpaired) electrons. The van der Waals surface area contributed by atoms with Crippen molar-refractivity contribution >= 4 is 118 Å². The Morgan fingerprint density at radius 3 is 1.66 bits per heavy atom. The largest absolute Gasteiger partial charge is 0.456 e. The van der Waals surface area contributed by atoms with Crippen LogP contribution in [0.1, 0.15) is 149 Å². The number of fused-ring (bicyclic) bond motifs is 12. The third-order valence-corrected chi connectivity index (χ3v) is 14.5. The number of anilines is 9. The van der Waals surface area contributed by atoms with E-state index in [0.717, 1.165) is 4.90 Å². The van der Waals surface area contributed by atoms with Crippen molar-refractivity contribution in [3.05, 3.63) is 197 Å². The quantitative estimate of drug-likeness (QED) is 0.164. The number of aromatic nitrogens is 1. The molecule has 9 aromatic carbocycles. The van der Waals surface area contributed by atoms with E-state index >= 15 is 0 Å². The highest BCUT2D eigenvalue weighted by Gasteiger charge is 2.47. The summed E-state index contributed by atoms with van der Waals surface area (Å²) in [6.07, 6.45) is 0. The summed E-state index contributed by atoms with van der Waals surface area (Å²) in [4.78, 5) is 2.97. The molecule has 0 atom stereocenters. The normalized spacial score (nSPS) is 19.1. The first kappa shape index (κ1) is 26.4. The van der Waals surface area contributed by atoms with Gasteiger partial charge in [-0.25, -0.2) is 0 Å². The lowest BCUT2D eigenvalue weighted by molar-refractivity contribution is 0.590. The van der Waals surface area contributed by atoms with Crippen molar-refractivity contribution in [1.29, 1.82) is 0 Å². The van der Waals surface area contributed by atoms with Crippen molar-refractivity contribution in [2.45, 2.75) is 112 Å². The Balaban J connectivity index is 1.29. The van der Waals surface area contributed by atoms with Gasteiger partial charge in [-0.2, -0.15) is 0 Å². The van der Waals surface area contributed by atoms with E-state index in [4.69, 9.17) is 7.16 Å². The number of rotatable bonds is 4. The van der Waals surface area contributed by atoms with Gasteiger partial charge in [-0.15, -0.1) is 0 Å². The van der Waals surface area contributed by atoms with Gasteiger partial charge in [0.2, 0.25) is 0 Å². The minimum absolute atomic E-state index is 0.0368. The van der Waals surface area contributed by atoms with E-state index in [9.17, 15) is 35.6 Å². The monoisotopic (exact) mass is 1030 g/mol. The van der Waals surface area contributed by atoms with E-state index in [0.29, 0.717) is 4.90 Å². The lowest BCUT2D eigenvalue weighted by Gasteiger charge is -2.46. The Hall–Kier alpha value is -7.96. The Kier molecular flexibility index (Phi) is 5.50. The van der Waals surface area contributed by atoms with Crippen LogP contribution in [0.15, 0.2) is 174 Å². The van der Waals surface area contributed by atoms with Gasteiger partial charge < -0.3 is 23.7 Å². The highest BCUT2D eigenvalue weighted by Crippen LogP contribution is 2.55. The zero-order valence-corrected chi connectivity index (χ0v) is 44.8. The van der Waals surface area contributed by atoms with Gasteiger partial charge in [0.15, 0.2) is 0 Å². The first-order valence-corrected chi connectivity index (χ1v) is 25.5. The molecule has 0 bridgehead atoms. The minimum Gasteiger partial charge on any atom is -0.456 e. The second kappa shape index (κ2) is 16.1. The molecule has 0 unspecified atom stereocenters. The topological polar surface area (TPSA) is 27.8 Å². The van der Waals surface area contributed by atoms with Crippen LogP contribution in [0.3, 0.4) is 0 Å². The van der Waals surface area contributed by atoms with Crippen LogP contribution in [-0.2, 0) is 21.7 Å². The Morgan fingerprint density at radius 1 is 0.429 bits per heavy atom. The third kappa shape index (κ3) is 7.06. The molecule has 11 aromatic rings. The summed E-state index contributed by atoms with van der Waals surface area (Å²) in [5.74, 6) is 0. The molecule has 6 heteroatoms. The van der Waals surface area contributed by atoms with E-state index in [-0.39, 0.29) is 95.4 Å². The van der Waals surface area contributed by atoms with Crippen LogP contribution in [0.25, 0.3) is 49.4 Å². The van der Waals surface area contributed by atoms with E-state index < -0.39 is 247 Å². The molecule has 5 nitrogen and oxygen atoms in total. The lowest BCUT2D eigenvalue weighted by atomic mass is 9.33. The van der Waals surface area contributed by atoms with Crippen LogP contribution in [0.5, 0.6) is 0 Å². The molecule has 0 fully saturated rings. The van der Waals surface area contributed by atoms with Gasteiger partial charge in [0, 0.05) is 50.3 Å². The highest BCUT2D eigenvalue weighted by molar-refractivity contribution is 7.00. The molecular weight excluding hydrogens is 936 g/mol. The van der Waals surface area contributed by atoms with Crippen molar-refractivity contribution in [2.75, 3.05) is 14.7 Å². The summed E-state index contributed by atoms with van der Waals surface area (Å²) in [6.45, 7) is 19.5. The van der Waals surface area contributed by atoms with Crippen LogP contribution in [0.2, 0.25) is 0 Å². The van der Waals surface area contributed by atoms with E-state index in [2.05, 4.69) is 0 Å². The SMILES string of the molecule is [2H]c1c([2H])c2c3c(c1[2H])-n1c4c([2H])c([2H])c(C(C)(C)C)c([2H])c4c4c([2H])c(C(C)(C)C)c([2H])c(c41)N3c1c([2H])c(C)c([2H])c3c1B2c1c([2H])c([2H])c(N(c2c([2H])c([2H])c(C(C)(C)C)c([2H])c2[2H])c2c([2H])c([2H])c(C(C)(C)C)c([2H])c2[2H])c([2H])c1N3c1c([2H])c([2H])c([2H])c2oc3c([2H])c([2H])c([2H])c([2H])c3c12. The summed E-state index contributed by atoms with van der Waals surface area (Å²) in [6, 6.07) is -21.0. The average molecular weight is 1030 g/mol. The molecule has 2 aromatic heterocycles. The fourth-order valence-corrected chi connectivity index (χ4v) is 10.6. The van der Waals surface area contributed by atoms with Crippen LogP contribution in [0.4, 0.5) is 51.2 Å². The van der Waals surface area contributed by atoms with E-state index in [1.807, 2.05) is 0 Å². The predicted octanol–water partition coefficient (Wildman–Crippen LogP) is 18.0. The standard InChI is InChI=1S/C71H67BN4O/c1-42-36-59-65-60(37-42)76-61-40-46(71(11,12)13)39-52-51-38-45(70(8,9)10)28-35-55(51)75(66(52)61)57-21-16-19-54(67(57)76)72(65)53-34-33-49(41-58(53)74(59)56-20-17-23-63-64(56)50-18-14-15-22-62(50)77-63)73(47-29-24-43(25-30-47)68(2,3)4)48-31-26-44(27-32-48)69(5,6)7/h14-41H,1-13H3/i14D,15D,16D,17D,18D,19D,20D,21D,22D,23D,24D,25D,26D,27D,28D,29D,30D,31D,32D,33D,34D,35D,36D,37D,38D,39D,40D,41D. The fraction of sp³-hybridized carbons (Fsp3) is 0.239. The molecule has 0 N–H and O–H groups in total. The molecule has 0 aliphatic carbocycles. The fourth-order valence-electron chi connectivity index (χ4n) is 10.6. The van der Waals surface area contributed by atoms with Gasteiger partial charge >= 0.3 is 0 Å². The van der Waals surface area contributed by atoms with Crippen molar-refractivity contribution < 1.29 is 42.8 Å². The summed E-state index contributed by atoms with van der Waals surface area (Å²) >= 11 is 0. The molecule has 0 spiro atoms. The first-order chi connectivity index (χ1) is 48.4. The summed E-state index contributed by atoms with van der Waals surface area (Å²) < 4.78 is 287. The molecule has 380 valence electrons. The van der Waals surface area contributed by atoms with Crippen molar-refractivity contribution in [3.8, 4) is 5.69 Å². The van der Waals surface area contributed by atoms with Crippen LogP contribution >= 0.6 is 0 Å². The predicted molar refractivity (Wildman–Crippen MR) is 330 cm³/mol. The second-order valence-corrected chi connectivity index (χ2v) is 24.1. The highest BCUT2D eigenvalue weighted by atomic mass is 16.3. The van der Waals surface area contributed by atoms with Gasteiger partial charge in [-0.3, -0.25) is 0 Å². The number of hydrogen-bond donors (Lipinski definition) is 0. The first-order valence-electron chi connectivity index (χ1n) is 39.5. The molecule has 3 aliphatic heterocycles. The van der Waals surface area contributed by atoms with Crippen molar-refractivity contribution in [3.63, 3.8) is 0 Å². The van der Waals surface area contributed by atoms with Gasteiger partial charge in [0.25, 0.3) is 6.71 Å². The van der Waals surface area contributed by atoms with Crippen LogP contribution in [0, 0.1) is 6.92 Å². The molecule has 0 amide bonds. The Labute approximate surface area is 493 Å².